The Labute approximate surface area is 458 Å². The number of benzene rings is 1. The van der Waals surface area contributed by atoms with E-state index in [1.54, 1.807) is 41.3 Å². The van der Waals surface area contributed by atoms with Gasteiger partial charge in [-0.1, -0.05) is 48.9 Å². The molecule has 1 aromatic rings. The van der Waals surface area contributed by atoms with E-state index in [1.807, 2.05) is 57.2 Å². The molecule has 5 N–H and O–H groups in total. The highest BCUT2D eigenvalue weighted by Gasteiger charge is 2.81. The number of carbonyl (C=O) groups is 2. The van der Waals surface area contributed by atoms with Gasteiger partial charge >= 0.3 is 5.97 Å². The first kappa shape index (κ1) is 59.8. The summed E-state index contributed by atoms with van der Waals surface area (Å²) in [5.41, 5.74) is -6.29. The standard InChI is InChI=1S/C58H86O20/c1-30-47(61)52(69-11)48(62)53(73-30)78-51-33(4)72-46(28-40(51)68-10)77-50-32(3)71-45(27-39(50)67-9)76-49-31(2)70-44(26-38(49)66-8)74-37-20-21-54(6)36(25-37)19-22-57(64)41(54)29-42(75-43(60)18-17-35-15-13-12-14-16-35)55(7)56(63,34(5)59)23-24-58(55,57)65/h12-19,30-33,37-42,44-53,61-65H,20-29H2,1-11H3/b18-17+/t30-,31-,32-,33-,37+,38+,39+,40+,41-,42-,44+,45+,46+,47-,48-,49-,50-,51-,52+,53+,54+,55-,56-,57+,58-/m1/s1. The SMILES string of the molecule is CO[C@@H]1[C@@H](O)[C@H](O[C@H]2[C@@H](OC)C[C@H](O[C@H]3[C@@H](OC)C[C@H](O[C@H]4[C@@H](OC)C[C@H](O[C@H]5CC[C@@]6(C)C(=CC[C@]7(O)[C@@H]6C[C@@H](OC(=O)/C=C/c6ccccc6)[C@@]6(C)[C@]7(O)CC[C@@]6(O)C(C)=O)C5)O[C@@H]4C)O[C@@H]3C)O[C@@H]2C)O[C@H](C)[C@H]1O. The van der Waals surface area contributed by atoms with Gasteiger partial charge in [-0.25, -0.2) is 4.79 Å². The van der Waals surface area contributed by atoms with Crippen molar-refractivity contribution in [1.82, 2.24) is 0 Å². The molecule has 438 valence electrons. The van der Waals surface area contributed by atoms with Crippen LogP contribution in [0.4, 0.5) is 0 Å². The Kier molecular flexibility index (Phi) is 18.0. The van der Waals surface area contributed by atoms with Crippen molar-refractivity contribution in [2.75, 3.05) is 28.4 Å². The summed E-state index contributed by atoms with van der Waals surface area (Å²) >= 11 is 0. The van der Waals surface area contributed by atoms with Gasteiger partial charge in [0.25, 0.3) is 0 Å². The van der Waals surface area contributed by atoms with Gasteiger partial charge in [0.1, 0.15) is 59.5 Å². The Morgan fingerprint density at radius 3 is 1.74 bits per heavy atom. The molecule has 0 aromatic heterocycles. The van der Waals surface area contributed by atoms with Crippen LogP contribution in [-0.4, -0.2) is 199 Å². The van der Waals surface area contributed by atoms with Crippen molar-refractivity contribution >= 4 is 17.8 Å². The predicted octanol–water partition coefficient (Wildman–Crippen LogP) is 4.21. The quantitative estimate of drug-likeness (QED) is 0.0883. The fraction of sp³-hybridized carbons (Fsp3) is 0.793. The molecule has 20 heteroatoms. The van der Waals surface area contributed by atoms with Crippen LogP contribution in [0, 0.1) is 16.7 Å². The van der Waals surface area contributed by atoms with Crippen LogP contribution in [0.1, 0.15) is 118 Å². The first-order chi connectivity index (χ1) is 37.0. The highest BCUT2D eigenvalue weighted by atomic mass is 16.8. The molecule has 0 radical (unpaired) electrons. The number of methoxy groups -OCH3 is 4. The number of Topliss-reactive ketones (excluding diaryl/α,β-unsaturated/α-hetero) is 1. The molecule has 8 aliphatic rings. The molecule has 0 spiro atoms. The van der Waals surface area contributed by atoms with Crippen LogP contribution in [0.15, 0.2) is 48.1 Å². The van der Waals surface area contributed by atoms with E-state index in [0.29, 0.717) is 38.5 Å². The van der Waals surface area contributed by atoms with Crippen LogP contribution >= 0.6 is 0 Å². The van der Waals surface area contributed by atoms with Crippen LogP contribution in [-0.2, 0) is 71.2 Å². The summed E-state index contributed by atoms with van der Waals surface area (Å²) in [7, 11) is 6.24. The maximum absolute atomic E-state index is 13.6. The number of aliphatic hydroxyl groups excluding tert-OH is 2. The molecule has 1 aromatic carbocycles. The molecule has 3 saturated carbocycles. The monoisotopic (exact) mass is 1100 g/mol. The van der Waals surface area contributed by atoms with Gasteiger partial charge in [-0.15, -0.1) is 0 Å². The molecule has 20 nitrogen and oxygen atoms in total. The van der Waals surface area contributed by atoms with E-state index < -0.39 is 156 Å². The van der Waals surface area contributed by atoms with Gasteiger partial charge in [-0.2, -0.15) is 0 Å². The third-order valence-electron chi connectivity index (χ3n) is 19.7. The fourth-order valence-corrected chi connectivity index (χ4v) is 15.0. The fourth-order valence-electron chi connectivity index (χ4n) is 15.0. The van der Waals surface area contributed by atoms with Crippen LogP contribution in [0.2, 0.25) is 0 Å². The van der Waals surface area contributed by atoms with E-state index in [0.717, 1.165) is 11.1 Å². The van der Waals surface area contributed by atoms with Crippen LogP contribution < -0.4 is 0 Å². The number of carbonyl (C=O) groups excluding carboxylic acids is 2. The molecule has 7 fully saturated rings. The van der Waals surface area contributed by atoms with Crippen molar-refractivity contribution < 1.29 is 96.7 Å². The second kappa shape index (κ2) is 23.4. The third-order valence-corrected chi connectivity index (χ3v) is 19.7. The highest BCUT2D eigenvalue weighted by molar-refractivity contribution is 5.88. The number of fused-ring (bicyclic) bond motifs is 5. The Morgan fingerprint density at radius 1 is 0.654 bits per heavy atom. The Balaban J connectivity index is 0.810. The summed E-state index contributed by atoms with van der Waals surface area (Å²) in [4.78, 5) is 27.0. The van der Waals surface area contributed by atoms with E-state index in [9.17, 15) is 35.1 Å². The largest absolute Gasteiger partial charge is 0.458 e. The van der Waals surface area contributed by atoms with Gasteiger partial charge in [0.05, 0.1) is 54.2 Å². The topological polar surface area (TPSA) is 255 Å². The summed E-state index contributed by atoms with van der Waals surface area (Å²) in [6.45, 7) is 12.3. The van der Waals surface area contributed by atoms with Gasteiger partial charge in [0.15, 0.2) is 30.9 Å². The van der Waals surface area contributed by atoms with E-state index in [-0.39, 0.29) is 31.8 Å². The highest BCUT2D eigenvalue weighted by Crippen LogP contribution is 2.71. The van der Waals surface area contributed by atoms with E-state index in [2.05, 4.69) is 6.92 Å². The van der Waals surface area contributed by atoms with E-state index in [4.69, 9.17) is 61.6 Å². The van der Waals surface area contributed by atoms with Gasteiger partial charge in [0.2, 0.25) is 0 Å². The lowest BCUT2D eigenvalue weighted by molar-refractivity contribution is -0.356. The Morgan fingerprint density at radius 2 is 1.21 bits per heavy atom. The first-order valence-corrected chi connectivity index (χ1v) is 28.0. The summed E-state index contributed by atoms with van der Waals surface area (Å²) in [6, 6.07) is 9.29. The normalized spacial score (nSPS) is 48.6. The molecular formula is C58H86O20. The zero-order valence-electron chi connectivity index (χ0n) is 47.1. The van der Waals surface area contributed by atoms with Gasteiger partial charge in [-0.3, -0.25) is 4.79 Å². The van der Waals surface area contributed by atoms with E-state index in [1.165, 1.54) is 20.1 Å². The maximum atomic E-state index is 13.6. The molecule has 0 amide bonds. The molecule has 4 aliphatic heterocycles. The first-order valence-electron chi connectivity index (χ1n) is 28.0. The van der Waals surface area contributed by atoms with Crippen molar-refractivity contribution in [1.29, 1.82) is 0 Å². The smallest absolute Gasteiger partial charge is 0.331 e. The lowest BCUT2D eigenvalue weighted by Crippen LogP contribution is -2.78. The number of ketones is 1. The Bertz CT molecular complexity index is 2300. The van der Waals surface area contributed by atoms with Gasteiger partial charge in [0, 0.05) is 59.7 Å². The minimum Gasteiger partial charge on any atom is -0.458 e. The number of aliphatic hydroxyl groups is 5. The molecule has 78 heavy (non-hydrogen) atoms. The van der Waals surface area contributed by atoms with Crippen molar-refractivity contribution in [3.8, 4) is 0 Å². The van der Waals surface area contributed by atoms with Crippen LogP contribution in [0.25, 0.3) is 6.08 Å². The number of hydrogen-bond donors (Lipinski definition) is 5. The molecule has 9 rings (SSSR count). The lowest BCUT2D eigenvalue weighted by atomic mass is 9.42. The number of esters is 1. The summed E-state index contributed by atoms with van der Waals surface area (Å²) in [6.07, 6.45) is -5.13. The molecule has 4 heterocycles. The number of hydrogen-bond acceptors (Lipinski definition) is 20. The molecule has 25 atom stereocenters. The second-order valence-electron chi connectivity index (χ2n) is 23.7. The minimum atomic E-state index is -2.05. The van der Waals surface area contributed by atoms with Crippen molar-refractivity contribution in [3.05, 3.63) is 53.6 Å². The second-order valence-corrected chi connectivity index (χ2v) is 23.7. The van der Waals surface area contributed by atoms with Crippen molar-refractivity contribution in [3.63, 3.8) is 0 Å². The Hall–Kier alpha value is -2.84. The lowest BCUT2D eigenvalue weighted by Gasteiger charge is -2.67. The molecule has 4 saturated heterocycles. The van der Waals surface area contributed by atoms with Crippen molar-refractivity contribution in [2.45, 2.75) is 246 Å². The van der Waals surface area contributed by atoms with Crippen LogP contribution in [0.5, 0.6) is 0 Å². The average molecular weight is 1100 g/mol. The van der Waals surface area contributed by atoms with E-state index >= 15 is 0 Å². The zero-order valence-corrected chi connectivity index (χ0v) is 47.1. The average Bonchev–Trinajstić information content (AvgIpc) is 2.75. The number of rotatable bonds is 16. The van der Waals surface area contributed by atoms with Crippen molar-refractivity contribution in [2.24, 2.45) is 16.7 Å². The van der Waals surface area contributed by atoms with Crippen LogP contribution in [0.3, 0.4) is 0 Å². The molecular weight excluding hydrogens is 1020 g/mol. The zero-order chi connectivity index (χ0) is 56.3. The third kappa shape index (κ3) is 10.5. The number of ether oxygens (including phenoxy) is 13. The summed E-state index contributed by atoms with van der Waals surface area (Å²) < 4.78 is 81.0. The summed E-state index contributed by atoms with van der Waals surface area (Å²) in [5, 5.41) is 59.5. The summed E-state index contributed by atoms with van der Waals surface area (Å²) in [5.74, 6) is -1.82. The molecule has 4 aliphatic carbocycles. The maximum Gasteiger partial charge on any atom is 0.331 e. The van der Waals surface area contributed by atoms with Gasteiger partial charge in [-0.05, 0) is 104 Å². The van der Waals surface area contributed by atoms with Gasteiger partial charge < -0.3 is 87.1 Å². The molecule has 0 unspecified atom stereocenters. The molecule has 0 bridgehead atoms. The minimum absolute atomic E-state index is 0.0552. The predicted molar refractivity (Wildman–Crippen MR) is 277 cm³/mol.